The fraction of sp³-hybridized carbons (Fsp3) is 0.600. The molecular formula is C10H17NO2. The Bertz CT molecular complexity index is 218. The fourth-order valence-electron chi connectivity index (χ4n) is 0.503. The maximum atomic E-state index is 10.3. The van der Waals surface area contributed by atoms with Crippen molar-refractivity contribution in [2.45, 2.75) is 34.1 Å². The van der Waals surface area contributed by atoms with Gasteiger partial charge in [0.05, 0.1) is 0 Å². The van der Waals surface area contributed by atoms with E-state index in [1.54, 1.807) is 6.08 Å². The molecule has 3 heteroatoms. The molecule has 0 radical (unpaired) electrons. The third-order valence-electron chi connectivity index (χ3n) is 0.835. The second-order valence-electron chi connectivity index (χ2n) is 4.52. The number of amides is 2. The second-order valence-corrected chi connectivity index (χ2v) is 4.52. The molecule has 13 heavy (non-hydrogen) atoms. The highest BCUT2D eigenvalue weighted by Crippen LogP contribution is 2.08. The summed E-state index contributed by atoms with van der Waals surface area (Å²) in [6.45, 7) is 8.75. The molecule has 0 atom stereocenters. The molecule has 1 aliphatic rings. The van der Waals surface area contributed by atoms with Gasteiger partial charge < -0.3 is 0 Å². The molecule has 0 fully saturated rings. The van der Waals surface area contributed by atoms with E-state index in [1.165, 1.54) is 6.08 Å². The number of hydrogen-bond donors (Lipinski definition) is 1. The van der Waals surface area contributed by atoms with Crippen molar-refractivity contribution in [2.24, 2.45) is 5.41 Å². The van der Waals surface area contributed by atoms with E-state index >= 15 is 0 Å². The van der Waals surface area contributed by atoms with Gasteiger partial charge in [0.25, 0.3) is 0 Å². The van der Waals surface area contributed by atoms with Crippen LogP contribution in [0, 0.1) is 5.41 Å². The Morgan fingerprint density at radius 1 is 1.23 bits per heavy atom. The van der Waals surface area contributed by atoms with Crippen LogP contribution in [0.5, 0.6) is 0 Å². The van der Waals surface area contributed by atoms with Crippen molar-refractivity contribution in [2.75, 3.05) is 0 Å². The van der Waals surface area contributed by atoms with Crippen LogP contribution in [0.15, 0.2) is 12.2 Å². The lowest BCUT2D eigenvalue weighted by atomic mass is 10.0. The summed E-state index contributed by atoms with van der Waals surface area (Å²) in [6.07, 6.45) is 3.22. The van der Waals surface area contributed by atoms with Crippen LogP contribution in [0.25, 0.3) is 0 Å². The average molecular weight is 183 g/mol. The lowest BCUT2D eigenvalue weighted by Gasteiger charge is -2.05. The highest BCUT2D eigenvalue weighted by atomic mass is 16.2. The van der Waals surface area contributed by atoms with Crippen LogP contribution in [-0.2, 0) is 9.59 Å². The molecule has 74 valence electrons. The van der Waals surface area contributed by atoms with Crippen molar-refractivity contribution < 1.29 is 9.59 Å². The summed E-state index contributed by atoms with van der Waals surface area (Å²) in [5, 5.41) is 2.11. The lowest BCUT2D eigenvalue weighted by molar-refractivity contribution is -0.128. The maximum Gasteiger partial charge on any atom is 0.250 e. The minimum atomic E-state index is -0.318. The third-order valence-corrected chi connectivity index (χ3v) is 0.835. The summed E-state index contributed by atoms with van der Waals surface area (Å²) in [5.41, 5.74) is 0.500. The van der Waals surface area contributed by atoms with E-state index in [4.69, 9.17) is 0 Å². The molecule has 0 aromatic heterocycles. The molecule has 0 spiro atoms. The van der Waals surface area contributed by atoms with Gasteiger partial charge in [0, 0.05) is 6.42 Å². The molecule has 0 saturated heterocycles. The predicted molar refractivity (Wildman–Crippen MR) is 52.0 cm³/mol. The Morgan fingerprint density at radius 3 is 1.92 bits per heavy atom. The SMILES string of the molecule is CC(C)(C)C.O=C1C=CCC(=O)N1. The molecule has 0 unspecified atom stereocenters. The summed E-state index contributed by atoms with van der Waals surface area (Å²) in [6, 6.07) is 0. The van der Waals surface area contributed by atoms with Crippen molar-refractivity contribution in [3.8, 4) is 0 Å². The molecule has 1 N–H and O–H groups in total. The average Bonchev–Trinajstić information content (AvgIpc) is 1.81. The minimum absolute atomic E-state index is 0.225. The number of rotatable bonds is 0. The topological polar surface area (TPSA) is 46.2 Å². The van der Waals surface area contributed by atoms with Gasteiger partial charge in [0.15, 0.2) is 0 Å². The van der Waals surface area contributed by atoms with Gasteiger partial charge in [-0.3, -0.25) is 14.9 Å². The van der Waals surface area contributed by atoms with Gasteiger partial charge in [-0.05, 0) is 11.5 Å². The number of carbonyl (C=O) groups excluding carboxylic acids is 2. The smallest absolute Gasteiger partial charge is 0.250 e. The molecule has 2 amide bonds. The van der Waals surface area contributed by atoms with E-state index in [2.05, 4.69) is 33.0 Å². The Hall–Kier alpha value is -1.12. The Balaban J connectivity index is 0.000000252. The largest absolute Gasteiger partial charge is 0.293 e. The molecule has 3 nitrogen and oxygen atoms in total. The Morgan fingerprint density at radius 2 is 1.69 bits per heavy atom. The van der Waals surface area contributed by atoms with Crippen molar-refractivity contribution >= 4 is 11.8 Å². The number of carbonyl (C=O) groups is 2. The van der Waals surface area contributed by atoms with Crippen LogP contribution in [-0.4, -0.2) is 11.8 Å². The molecule has 0 aromatic rings. The van der Waals surface area contributed by atoms with E-state index in [0.717, 1.165) is 0 Å². The van der Waals surface area contributed by atoms with Crippen LogP contribution in [0.1, 0.15) is 34.1 Å². The molecule has 0 aliphatic carbocycles. The zero-order valence-electron chi connectivity index (χ0n) is 8.68. The summed E-state index contributed by atoms with van der Waals surface area (Å²) in [4.78, 5) is 20.5. The van der Waals surface area contributed by atoms with Crippen LogP contribution in [0.3, 0.4) is 0 Å². The zero-order chi connectivity index (χ0) is 10.5. The fourth-order valence-corrected chi connectivity index (χ4v) is 0.503. The van der Waals surface area contributed by atoms with Gasteiger partial charge in [-0.2, -0.15) is 0 Å². The Kier molecular flexibility index (Phi) is 4.38. The number of imide groups is 1. The van der Waals surface area contributed by atoms with Crippen LogP contribution >= 0.6 is 0 Å². The predicted octanol–water partition coefficient (Wildman–Crippen LogP) is 1.64. The molecule has 0 bridgehead atoms. The lowest BCUT2D eigenvalue weighted by Crippen LogP contribution is -2.30. The third kappa shape index (κ3) is 10.9. The molecular weight excluding hydrogens is 166 g/mol. The minimum Gasteiger partial charge on any atom is -0.293 e. The van der Waals surface area contributed by atoms with Gasteiger partial charge in [-0.1, -0.05) is 33.8 Å². The second kappa shape index (κ2) is 4.80. The van der Waals surface area contributed by atoms with E-state index in [0.29, 0.717) is 11.8 Å². The van der Waals surface area contributed by atoms with Crippen molar-refractivity contribution in [3.05, 3.63) is 12.2 Å². The normalized spacial score (nSPS) is 16.0. The van der Waals surface area contributed by atoms with E-state index in [1.807, 2.05) is 0 Å². The quantitative estimate of drug-likeness (QED) is 0.580. The van der Waals surface area contributed by atoms with Gasteiger partial charge in [0.2, 0.25) is 11.8 Å². The maximum absolute atomic E-state index is 10.3. The first-order valence-electron chi connectivity index (χ1n) is 4.29. The standard InChI is InChI=1S/C5H5NO2.C5H12/c7-4-2-1-3-5(8)6-4;1-5(2,3)4/h1-2H,3H2,(H,6,7,8);1-4H3. The summed E-state index contributed by atoms with van der Waals surface area (Å²) < 4.78 is 0. The van der Waals surface area contributed by atoms with Gasteiger partial charge in [0.1, 0.15) is 0 Å². The van der Waals surface area contributed by atoms with Crippen LogP contribution < -0.4 is 5.32 Å². The number of nitrogens with one attached hydrogen (secondary N) is 1. The molecule has 0 saturated carbocycles. The summed E-state index contributed by atoms with van der Waals surface area (Å²) in [5.74, 6) is -0.543. The summed E-state index contributed by atoms with van der Waals surface area (Å²) in [7, 11) is 0. The highest BCUT2D eigenvalue weighted by Gasteiger charge is 2.06. The Labute approximate surface area is 79.2 Å². The van der Waals surface area contributed by atoms with Crippen LogP contribution in [0.2, 0.25) is 0 Å². The summed E-state index contributed by atoms with van der Waals surface area (Å²) >= 11 is 0. The monoisotopic (exact) mass is 183 g/mol. The van der Waals surface area contributed by atoms with Crippen molar-refractivity contribution in [3.63, 3.8) is 0 Å². The molecule has 1 rings (SSSR count). The van der Waals surface area contributed by atoms with E-state index in [9.17, 15) is 9.59 Å². The van der Waals surface area contributed by atoms with Crippen molar-refractivity contribution in [1.29, 1.82) is 0 Å². The molecule has 1 heterocycles. The van der Waals surface area contributed by atoms with E-state index < -0.39 is 0 Å². The molecule has 1 aliphatic heterocycles. The van der Waals surface area contributed by atoms with E-state index in [-0.39, 0.29) is 11.8 Å². The number of hydrogen-bond acceptors (Lipinski definition) is 2. The highest BCUT2D eigenvalue weighted by molar-refractivity contribution is 6.03. The van der Waals surface area contributed by atoms with Gasteiger partial charge in [-0.15, -0.1) is 0 Å². The first kappa shape index (κ1) is 11.9. The van der Waals surface area contributed by atoms with Crippen LogP contribution in [0.4, 0.5) is 0 Å². The van der Waals surface area contributed by atoms with Gasteiger partial charge >= 0.3 is 0 Å². The first-order chi connectivity index (χ1) is 5.79. The zero-order valence-corrected chi connectivity index (χ0v) is 8.68. The van der Waals surface area contributed by atoms with Gasteiger partial charge in [-0.25, -0.2) is 0 Å². The van der Waals surface area contributed by atoms with Crippen molar-refractivity contribution in [1.82, 2.24) is 5.32 Å². The first-order valence-corrected chi connectivity index (χ1v) is 4.29. The molecule has 0 aromatic carbocycles.